The van der Waals surface area contributed by atoms with Crippen molar-refractivity contribution < 1.29 is 14.7 Å². The smallest absolute Gasteiger partial charge is 0.354 e. The number of rotatable bonds is 6. The average Bonchev–Trinajstić information content (AvgIpc) is 2.50. The molecular weight excluding hydrogens is 270 g/mol. The summed E-state index contributed by atoms with van der Waals surface area (Å²) in [6.45, 7) is 2.69. The van der Waals surface area contributed by atoms with Crippen LogP contribution in [0.25, 0.3) is 10.9 Å². The zero-order chi connectivity index (χ0) is 15.2. The summed E-state index contributed by atoms with van der Waals surface area (Å²) in [5.74, 6) is -1.23. The number of carbonyl (C=O) groups is 2. The van der Waals surface area contributed by atoms with Gasteiger partial charge in [0.2, 0.25) is 5.91 Å². The normalized spacial score (nSPS) is 10.3. The van der Waals surface area contributed by atoms with Gasteiger partial charge in [-0.05, 0) is 18.6 Å². The van der Waals surface area contributed by atoms with Gasteiger partial charge in [-0.3, -0.25) is 4.79 Å². The number of aromatic nitrogens is 1. The van der Waals surface area contributed by atoms with Crippen molar-refractivity contribution in [2.45, 2.75) is 13.3 Å². The minimum Gasteiger partial charge on any atom is -0.477 e. The zero-order valence-corrected chi connectivity index (χ0v) is 11.7. The molecule has 0 saturated heterocycles. The van der Waals surface area contributed by atoms with Crippen LogP contribution in [-0.2, 0) is 4.79 Å². The highest BCUT2D eigenvalue weighted by atomic mass is 16.4. The molecule has 3 N–H and O–H groups in total. The topological polar surface area (TPSA) is 91.3 Å². The number of hydrogen-bond donors (Lipinski definition) is 3. The molecule has 1 aromatic heterocycles. The summed E-state index contributed by atoms with van der Waals surface area (Å²) in [7, 11) is 0. The Morgan fingerprint density at radius 1 is 1.29 bits per heavy atom. The molecule has 6 nitrogen and oxygen atoms in total. The van der Waals surface area contributed by atoms with Crippen molar-refractivity contribution in [3.63, 3.8) is 0 Å². The summed E-state index contributed by atoms with van der Waals surface area (Å²) in [5, 5.41) is 15.6. The Morgan fingerprint density at radius 3 is 2.76 bits per heavy atom. The number of hydrogen-bond acceptors (Lipinski definition) is 4. The first-order chi connectivity index (χ1) is 10.1. The number of carbonyl (C=O) groups excluding carboxylic acids is 1. The summed E-state index contributed by atoms with van der Waals surface area (Å²) >= 11 is 0. The predicted molar refractivity (Wildman–Crippen MR) is 80.5 cm³/mol. The molecule has 0 fully saturated rings. The molecule has 0 spiro atoms. The van der Waals surface area contributed by atoms with Crippen molar-refractivity contribution in [2.75, 3.05) is 18.4 Å². The number of anilines is 1. The van der Waals surface area contributed by atoms with Crippen molar-refractivity contribution >= 4 is 28.5 Å². The summed E-state index contributed by atoms with van der Waals surface area (Å²) in [5.41, 5.74) is 1.11. The van der Waals surface area contributed by atoms with E-state index in [0.29, 0.717) is 17.7 Å². The minimum absolute atomic E-state index is 0.0508. The molecule has 2 rings (SSSR count). The van der Waals surface area contributed by atoms with Crippen molar-refractivity contribution in [2.24, 2.45) is 0 Å². The molecule has 0 radical (unpaired) electrons. The van der Waals surface area contributed by atoms with Gasteiger partial charge in [-0.25, -0.2) is 9.78 Å². The van der Waals surface area contributed by atoms with Crippen LogP contribution in [0.2, 0.25) is 0 Å². The van der Waals surface area contributed by atoms with Crippen molar-refractivity contribution in [3.8, 4) is 0 Å². The summed E-state index contributed by atoms with van der Waals surface area (Å²) < 4.78 is 0. The summed E-state index contributed by atoms with van der Waals surface area (Å²) in [6.07, 6.45) is 0.868. The number of benzene rings is 1. The third-order valence-corrected chi connectivity index (χ3v) is 2.95. The maximum atomic E-state index is 11.6. The number of amides is 1. The molecule has 1 aromatic carbocycles. The number of carboxylic acids is 1. The molecular formula is C15H17N3O3. The Bertz CT molecular complexity index is 670. The van der Waals surface area contributed by atoms with E-state index in [0.717, 1.165) is 11.8 Å². The minimum atomic E-state index is -1.10. The Kier molecular flexibility index (Phi) is 4.71. The number of para-hydroxylation sites is 1. The Labute approximate surface area is 122 Å². The third-order valence-electron chi connectivity index (χ3n) is 2.95. The zero-order valence-electron chi connectivity index (χ0n) is 11.7. The molecule has 0 aliphatic carbocycles. The standard InChI is InChI=1S/C15H17N3O3/c1-2-7-16-14(19)9-17-12-8-13(15(20)21)18-11-6-4-3-5-10(11)12/h3-6,8H,2,7,9H2,1H3,(H,16,19)(H,17,18)(H,20,21). The number of fused-ring (bicyclic) bond motifs is 1. The van der Waals surface area contributed by atoms with Gasteiger partial charge in [-0.2, -0.15) is 0 Å². The summed E-state index contributed by atoms with van der Waals surface area (Å²) in [6, 6.07) is 8.65. The molecule has 110 valence electrons. The van der Waals surface area contributed by atoms with Gasteiger partial charge in [0.1, 0.15) is 0 Å². The number of pyridine rings is 1. The molecule has 0 bridgehead atoms. The van der Waals surface area contributed by atoms with Gasteiger partial charge in [0.05, 0.1) is 12.1 Å². The van der Waals surface area contributed by atoms with Gasteiger partial charge in [-0.1, -0.05) is 25.1 Å². The van der Waals surface area contributed by atoms with Crippen LogP contribution in [0.4, 0.5) is 5.69 Å². The fourth-order valence-electron chi connectivity index (χ4n) is 1.93. The molecule has 0 saturated carbocycles. The van der Waals surface area contributed by atoms with Gasteiger partial charge in [0, 0.05) is 17.6 Å². The van der Waals surface area contributed by atoms with Gasteiger partial charge >= 0.3 is 5.97 Å². The van der Waals surface area contributed by atoms with E-state index < -0.39 is 5.97 Å². The van der Waals surface area contributed by atoms with Crippen molar-refractivity contribution in [1.82, 2.24) is 10.3 Å². The largest absolute Gasteiger partial charge is 0.477 e. The number of carboxylic acid groups (broad SMARTS) is 1. The van der Waals surface area contributed by atoms with E-state index in [1.54, 1.807) is 12.1 Å². The fourth-order valence-corrected chi connectivity index (χ4v) is 1.93. The van der Waals surface area contributed by atoms with Crippen molar-refractivity contribution in [1.29, 1.82) is 0 Å². The van der Waals surface area contributed by atoms with E-state index in [9.17, 15) is 9.59 Å². The molecule has 21 heavy (non-hydrogen) atoms. The highest BCUT2D eigenvalue weighted by molar-refractivity contribution is 5.97. The summed E-state index contributed by atoms with van der Waals surface area (Å²) in [4.78, 5) is 26.8. The molecule has 0 aliphatic heterocycles. The van der Waals surface area contributed by atoms with Crippen LogP contribution in [0.15, 0.2) is 30.3 Å². The van der Waals surface area contributed by atoms with E-state index in [2.05, 4.69) is 15.6 Å². The average molecular weight is 287 g/mol. The maximum absolute atomic E-state index is 11.6. The lowest BCUT2D eigenvalue weighted by molar-refractivity contribution is -0.119. The van der Waals surface area contributed by atoms with Crippen molar-refractivity contribution in [3.05, 3.63) is 36.0 Å². The van der Waals surface area contributed by atoms with Gasteiger partial charge in [0.25, 0.3) is 0 Å². The van der Waals surface area contributed by atoms with Crippen LogP contribution in [0.5, 0.6) is 0 Å². The first-order valence-electron chi connectivity index (χ1n) is 6.75. The van der Waals surface area contributed by atoms with E-state index in [1.807, 2.05) is 19.1 Å². The fraction of sp³-hybridized carbons (Fsp3) is 0.267. The lowest BCUT2D eigenvalue weighted by Gasteiger charge is -2.10. The lowest BCUT2D eigenvalue weighted by atomic mass is 10.1. The molecule has 2 aromatic rings. The van der Waals surface area contributed by atoms with Gasteiger partial charge in [0.15, 0.2) is 5.69 Å². The van der Waals surface area contributed by atoms with E-state index >= 15 is 0 Å². The highest BCUT2D eigenvalue weighted by Gasteiger charge is 2.11. The van der Waals surface area contributed by atoms with E-state index in [1.165, 1.54) is 6.07 Å². The van der Waals surface area contributed by atoms with Crippen LogP contribution in [-0.4, -0.2) is 35.1 Å². The second kappa shape index (κ2) is 6.69. The molecule has 6 heteroatoms. The Hall–Kier alpha value is -2.63. The van der Waals surface area contributed by atoms with Crippen LogP contribution in [0.1, 0.15) is 23.8 Å². The molecule has 0 atom stereocenters. The molecule has 1 heterocycles. The number of nitrogens with one attached hydrogen (secondary N) is 2. The molecule has 0 unspecified atom stereocenters. The van der Waals surface area contributed by atoms with Crippen LogP contribution >= 0.6 is 0 Å². The second-order valence-electron chi connectivity index (χ2n) is 4.58. The SMILES string of the molecule is CCCNC(=O)CNc1cc(C(=O)O)nc2ccccc12. The second-order valence-corrected chi connectivity index (χ2v) is 4.58. The van der Waals surface area contributed by atoms with Gasteiger partial charge in [-0.15, -0.1) is 0 Å². The van der Waals surface area contributed by atoms with Crippen LogP contribution < -0.4 is 10.6 Å². The number of aromatic carboxylic acids is 1. The number of nitrogens with zero attached hydrogens (tertiary/aromatic N) is 1. The quantitative estimate of drug-likeness (QED) is 0.754. The molecule has 0 aliphatic rings. The highest BCUT2D eigenvalue weighted by Crippen LogP contribution is 2.22. The third kappa shape index (κ3) is 3.68. The lowest BCUT2D eigenvalue weighted by Crippen LogP contribution is -2.30. The van der Waals surface area contributed by atoms with Crippen LogP contribution in [0.3, 0.4) is 0 Å². The Balaban J connectivity index is 2.25. The van der Waals surface area contributed by atoms with Gasteiger partial charge < -0.3 is 15.7 Å². The predicted octanol–water partition coefficient (Wildman–Crippen LogP) is 1.87. The van der Waals surface area contributed by atoms with E-state index in [-0.39, 0.29) is 18.1 Å². The maximum Gasteiger partial charge on any atom is 0.354 e. The Morgan fingerprint density at radius 2 is 2.05 bits per heavy atom. The first kappa shape index (κ1) is 14.8. The molecule has 1 amide bonds. The monoisotopic (exact) mass is 287 g/mol. The van der Waals surface area contributed by atoms with Crippen LogP contribution in [0, 0.1) is 0 Å². The first-order valence-corrected chi connectivity index (χ1v) is 6.75. The van der Waals surface area contributed by atoms with E-state index in [4.69, 9.17) is 5.11 Å².